The molecule has 4 nitrogen and oxygen atoms in total. The second kappa shape index (κ2) is 16.6. The number of hydrazine groups is 1. The zero-order valence-corrected chi connectivity index (χ0v) is 22.4. The van der Waals surface area contributed by atoms with Crippen molar-refractivity contribution >= 4 is 5.69 Å². The molecule has 0 amide bonds. The Hall–Kier alpha value is -3.10. The molecule has 0 saturated heterocycles. The van der Waals surface area contributed by atoms with Crippen LogP contribution in [0.3, 0.4) is 0 Å². The predicted molar refractivity (Wildman–Crippen MR) is 147 cm³/mol. The van der Waals surface area contributed by atoms with Gasteiger partial charge in [-0.05, 0) is 67.8 Å². The molecule has 1 atom stereocenters. The fraction of sp³-hybridized carbons (Fsp3) is 0.379. The Balaban J connectivity index is 0.00000631. The summed E-state index contributed by atoms with van der Waals surface area (Å²) < 4.78 is 56.2. The lowest BCUT2D eigenvalue weighted by molar-refractivity contribution is -0.246. The highest BCUT2D eigenvalue weighted by molar-refractivity contribution is 5.52. The zero-order chi connectivity index (χ0) is 28.6. The van der Waals surface area contributed by atoms with Crippen molar-refractivity contribution in [3.05, 3.63) is 103 Å². The molecule has 0 heterocycles. The van der Waals surface area contributed by atoms with E-state index in [1.54, 1.807) is 32.1 Å². The smallest absolute Gasteiger partial charge is 0.375 e. The number of allylic oxidation sites excluding steroid dienone is 5. The lowest BCUT2D eigenvalue weighted by Gasteiger charge is -2.36. The summed E-state index contributed by atoms with van der Waals surface area (Å²) in [5.74, 6) is 5.72. The number of aliphatic hydroxyl groups is 1. The van der Waals surface area contributed by atoms with Gasteiger partial charge in [-0.3, -0.25) is 5.01 Å². The first-order chi connectivity index (χ1) is 17.4. The van der Waals surface area contributed by atoms with Crippen molar-refractivity contribution in [2.45, 2.75) is 58.7 Å². The minimum absolute atomic E-state index is 0.233. The van der Waals surface area contributed by atoms with E-state index < -0.39 is 29.7 Å². The van der Waals surface area contributed by atoms with E-state index in [0.29, 0.717) is 36.2 Å². The summed E-state index contributed by atoms with van der Waals surface area (Å²) in [4.78, 5) is 1.39. The number of hydrogen-bond donors (Lipinski definition) is 2. The maximum Gasteiger partial charge on any atom is 0.423 e. The Morgan fingerprint density at radius 3 is 2.14 bits per heavy atom. The summed E-state index contributed by atoms with van der Waals surface area (Å²) in [5.41, 5.74) is -2.26. The summed E-state index contributed by atoms with van der Waals surface area (Å²) in [6.07, 6.45) is 4.90. The summed E-state index contributed by atoms with van der Waals surface area (Å²) >= 11 is 0. The molecule has 37 heavy (non-hydrogen) atoms. The highest BCUT2D eigenvalue weighted by Gasteiger charge is 2.56. The average molecular weight is 524 g/mol. The van der Waals surface area contributed by atoms with E-state index >= 15 is 0 Å². The summed E-state index contributed by atoms with van der Waals surface area (Å²) in [6.45, 7) is 17.7. The van der Waals surface area contributed by atoms with E-state index in [0.717, 1.165) is 6.08 Å². The minimum atomic E-state index is -4.99. The molecule has 0 spiro atoms. The maximum absolute atomic E-state index is 14.3. The van der Waals surface area contributed by atoms with Crippen molar-refractivity contribution in [3.63, 3.8) is 0 Å². The van der Waals surface area contributed by atoms with Crippen LogP contribution in [0.4, 0.5) is 23.2 Å². The molecule has 0 aliphatic carbocycles. The topological polar surface area (TPSA) is 52.7 Å². The standard InChI is InChI=1S/C27H35F4N3O.C2H6/c1-6-10-12-18-33(17-11-7-2)20-26(35,27(29,30)31)23(9-4)19-22(8-3)21(5)34(32)25-15-13-24(28)14-16-25;1-2/h6-7,9,12-16,18-19,35H,1-2,4,8,10-11,17,20,32H2,3,5H3;1-2H3/b18-12-,22-21+,23-19+;. The lowest BCUT2D eigenvalue weighted by atomic mass is 9.89. The van der Waals surface area contributed by atoms with Crippen LogP contribution in [0.5, 0.6) is 0 Å². The Bertz CT molecular complexity index is 949. The maximum atomic E-state index is 14.3. The van der Waals surface area contributed by atoms with Crippen LogP contribution >= 0.6 is 0 Å². The number of halogens is 4. The molecule has 0 saturated carbocycles. The van der Waals surface area contributed by atoms with E-state index in [1.165, 1.54) is 46.5 Å². The highest BCUT2D eigenvalue weighted by atomic mass is 19.4. The monoisotopic (exact) mass is 523 g/mol. The normalized spacial score (nSPS) is 14.2. The van der Waals surface area contributed by atoms with Crippen molar-refractivity contribution in [2.24, 2.45) is 5.84 Å². The molecule has 1 rings (SSSR count). The van der Waals surface area contributed by atoms with Crippen LogP contribution in [0.1, 0.15) is 47.0 Å². The molecule has 0 aromatic heterocycles. The van der Waals surface area contributed by atoms with Crippen LogP contribution in [0.2, 0.25) is 0 Å². The van der Waals surface area contributed by atoms with Gasteiger partial charge in [0, 0.05) is 12.2 Å². The SMILES string of the molecule is C=CC/C=C\N(CCC=C)CC(O)(/C(C=C)=C/C(CC)=C(\C)N(N)c1ccc(F)cc1)C(F)(F)F.CC. The number of nitrogens with zero attached hydrogens (tertiary/aromatic N) is 2. The molecule has 0 fully saturated rings. The van der Waals surface area contributed by atoms with Crippen molar-refractivity contribution in [3.8, 4) is 0 Å². The molecule has 3 N–H and O–H groups in total. The average Bonchev–Trinajstić information content (AvgIpc) is 2.88. The van der Waals surface area contributed by atoms with Gasteiger partial charge in [-0.25, -0.2) is 10.2 Å². The summed E-state index contributed by atoms with van der Waals surface area (Å²) in [5, 5.41) is 12.3. The quantitative estimate of drug-likeness (QED) is 0.0867. The third-order valence-electron chi connectivity index (χ3n) is 5.48. The van der Waals surface area contributed by atoms with E-state index in [9.17, 15) is 22.7 Å². The van der Waals surface area contributed by atoms with Crippen LogP contribution in [0.15, 0.2) is 97.4 Å². The van der Waals surface area contributed by atoms with E-state index in [1.807, 2.05) is 13.8 Å². The fourth-order valence-corrected chi connectivity index (χ4v) is 3.36. The lowest BCUT2D eigenvalue weighted by Crippen LogP contribution is -2.54. The van der Waals surface area contributed by atoms with Crippen LogP contribution in [-0.4, -0.2) is 34.9 Å². The van der Waals surface area contributed by atoms with Crippen molar-refractivity contribution in [1.82, 2.24) is 4.90 Å². The molecule has 0 aliphatic rings. The van der Waals surface area contributed by atoms with Gasteiger partial charge in [-0.1, -0.05) is 57.7 Å². The zero-order valence-electron chi connectivity index (χ0n) is 22.4. The number of anilines is 1. The van der Waals surface area contributed by atoms with Crippen LogP contribution in [-0.2, 0) is 0 Å². The summed E-state index contributed by atoms with van der Waals surface area (Å²) in [7, 11) is 0. The first-order valence-electron chi connectivity index (χ1n) is 12.2. The van der Waals surface area contributed by atoms with Gasteiger partial charge in [0.25, 0.3) is 0 Å². The third kappa shape index (κ3) is 10.1. The van der Waals surface area contributed by atoms with Crippen LogP contribution < -0.4 is 10.9 Å². The second-order valence-corrected chi connectivity index (χ2v) is 7.93. The van der Waals surface area contributed by atoms with Gasteiger partial charge < -0.3 is 10.0 Å². The molecule has 0 aliphatic heterocycles. The number of benzene rings is 1. The molecule has 8 heteroatoms. The van der Waals surface area contributed by atoms with Crippen molar-refractivity contribution < 1.29 is 22.7 Å². The second-order valence-electron chi connectivity index (χ2n) is 7.93. The van der Waals surface area contributed by atoms with E-state index in [-0.39, 0.29) is 6.54 Å². The predicted octanol–water partition coefficient (Wildman–Crippen LogP) is 7.59. The summed E-state index contributed by atoms with van der Waals surface area (Å²) in [6, 6.07) is 5.39. The molecule has 0 radical (unpaired) electrons. The first kappa shape index (κ1) is 33.9. The molecular formula is C29H41F4N3O. The Kier molecular flexibility index (Phi) is 15.2. The van der Waals surface area contributed by atoms with Crippen molar-refractivity contribution in [1.29, 1.82) is 0 Å². The molecule has 206 valence electrons. The Labute approximate surface area is 219 Å². The van der Waals surface area contributed by atoms with Gasteiger partial charge >= 0.3 is 6.18 Å². The number of alkyl halides is 3. The molecule has 1 unspecified atom stereocenters. The highest BCUT2D eigenvalue weighted by Crippen LogP contribution is 2.39. The minimum Gasteiger partial charge on any atom is -0.375 e. The van der Waals surface area contributed by atoms with E-state index in [4.69, 9.17) is 5.84 Å². The van der Waals surface area contributed by atoms with Gasteiger partial charge in [-0.15, -0.1) is 13.2 Å². The molecule has 1 aromatic rings. The Morgan fingerprint density at radius 1 is 1.08 bits per heavy atom. The third-order valence-corrected chi connectivity index (χ3v) is 5.48. The Morgan fingerprint density at radius 2 is 1.68 bits per heavy atom. The molecular weight excluding hydrogens is 482 g/mol. The van der Waals surface area contributed by atoms with Gasteiger partial charge in [0.2, 0.25) is 5.60 Å². The molecule has 1 aromatic carbocycles. The molecule has 0 bridgehead atoms. The number of nitrogens with two attached hydrogens (primary N) is 1. The van der Waals surface area contributed by atoms with Gasteiger partial charge in [0.1, 0.15) is 5.82 Å². The largest absolute Gasteiger partial charge is 0.423 e. The number of hydrogen-bond acceptors (Lipinski definition) is 4. The first-order valence-corrected chi connectivity index (χ1v) is 12.2. The van der Waals surface area contributed by atoms with Crippen LogP contribution in [0.25, 0.3) is 0 Å². The van der Waals surface area contributed by atoms with Crippen molar-refractivity contribution in [2.75, 3.05) is 18.1 Å². The van der Waals surface area contributed by atoms with Crippen LogP contribution in [0, 0.1) is 5.82 Å². The van der Waals surface area contributed by atoms with E-state index in [2.05, 4.69) is 19.7 Å². The number of rotatable bonds is 14. The van der Waals surface area contributed by atoms with Gasteiger partial charge in [-0.2, -0.15) is 13.2 Å². The van der Waals surface area contributed by atoms with Gasteiger partial charge in [0.15, 0.2) is 0 Å². The fourth-order valence-electron chi connectivity index (χ4n) is 3.36. The van der Waals surface area contributed by atoms with Gasteiger partial charge in [0.05, 0.1) is 12.2 Å².